The number of hydrogen-bond donors (Lipinski definition) is 1. The second-order valence-electron chi connectivity index (χ2n) is 8.64. The molecular formula is C25H29Cl2NO2. The standard InChI is InChI=1S/C25H29Cl2NO2/c1-4-25-13-12-20(19-11-10-18(30-5-2)14-21(19)27)22(16-6-8-17(26)9-7-16)23(25)15(3)28-24(25)29/h6-11,14-15,20,22-23H,4-5,12-13H2,1-3H3,(H,28,29). The van der Waals surface area contributed by atoms with Crippen LogP contribution in [-0.2, 0) is 4.79 Å². The van der Waals surface area contributed by atoms with Gasteiger partial charge in [0.15, 0.2) is 0 Å². The van der Waals surface area contributed by atoms with Crippen LogP contribution in [-0.4, -0.2) is 18.6 Å². The Morgan fingerprint density at radius 1 is 1.13 bits per heavy atom. The SMILES string of the molecule is CCOc1ccc(C2CCC3(CC)C(=O)NC(C)C3C2c2ccc(Cl)cc2)c(Cl)c1. The molecule has 0 aromatic heterocycles. The van der Waals surface area contributed by atoms with Gasteiger partial charge >= 0.3 is 0 Å². The summed E-state index contributed by atoms with van der Waals surface area (Å²) in [5, 5.41) is 4.71. The quantitative estimate of drug-likeness (QED) is 0.563. The predicted molar refractivity (Wildman–Crippen MR) is 123 cm³/mol. The molecule has 1 saturated carbocycles. The van der Waals surface area contributed by atoms with Gasteiger partial charge in [0, 0.05) is 22.0 Å². The van der Waals surface area contributed by atoms with Gasteiger partial charge in [-0.25, -0.2) is 0 Å². The van der Waals surface area contributed by atoms with Gasteiger partial charge in [-0.3, -0.25) is 4.79 Å². The first-order valence-corrected chi connectivity index (χ1v) is 11.7. The maximum Gasteiger partial charge on any atom is 0.226 e. The molecule has 5 heteroatoms. The molecule has 160 valence electrons. The maximum absolute atomic E-state index is 13.1. The van der Waals surface area contributed by atoms with Crippen LogP contribution in [0.4, 0.5) is 0 Å². The lowest BCUT2D eigenvalue weighted by Crippen LogP contribution is -2.43. The van der Waals surface area contributed by atoms with Crippen LogP contribution in [0.1, 0.15) is 63.0 Å². The zero-order valence-corrected chi connectivity index (χ0v) is 19.3. The fraction of sp³-hybridized carbons (Fsp3) is 0.480. The summed E-state index contributed by atoms with van der Waals surface area (Å²) in [5.74, 6) is 1.61. The van der Waals surface area contributed by atoms with Crippen molar-refractivity contribution in [1.82, 2.24) is 5.32 Å². The lowest BCUT2D eigenvalue weighted by molar-refractivity contribution is -0.131. The first-order chi connectivity index (χ1) is 14.4. The third kappa shape index (κ3) is 3.50. The molecule has 4 rings (SSSR count). The summed E-state index contributed by atoms with van der Waals surface area (Å²) < 4.78 is 5.63. The number of nitrogens with one attached hydrogen (secondary N) is 1. The number of halogens is 2. The van der Waals surface area contributed by atoms with Crippen LogP contribution in [0, 0.1) is 11.3 Å². The summed E-state index contributed by atoms with van der Waals surface area (Å²) in [6.07, 6.45) is 2.65. The van der Waals surface area contributed by atoms with Gasteiger partial charge in [-0.15, -0.1) is 0 Å². The summed E-state index contributed by atoms with van der Waals surface area (Å²) in [4.78, 5) is 13.1. The highest BCUT2D eigenvalue weighted by molar-refractivity contribution is 6.31. The lowest BCUT2D eigenvalue weighted by Gasteiger charge is -2.47. The van der Waals surface area contributed by atoms with Crippen molar-refractivity contribution in [2.24, 2.45) is 11.3 Å². The molecule has 1 aliphatic heterocycles. The van der Waals surface area contributed by atoms with E-state index in [1.54, 1.807) is 0 Å². The highest BCUT2D eigenvalue weighted by atomic mass is 35.5. The van der Waals surface area contributed by atoms with E-state index >= 15 is 0 Å². The van der Waals surface area contributed by atoms with Crippen molar-refractivity contribution in [2.45, 2.75) is 57.9 Å². The van der Waals surface area contributed by atoms with Gasteiger partial charge in [-0.05, 0) is 80.3 Å². The first kappa shape index (κ1) is 21.5. The molecule has 0 spiro atoms. The Balaban J connectivity index is 1.82. The second kappa shape index (κ2) is 8.43. The smallest absolute Gasteiger partial charge is 0.226 e. The van der Waals surface area contributed by atoms with Crippen LogP contribution in [0.15, 0.2) is 42.5 Å². The van der Waals surface area contributed by atoms with Crippen LogP contribution in [0.3, 0.4) is 0 Å². The average Bonchev–Trinajstić information content (AvgIpc) is 2.99. The average molecular weight is 446 g/mol. The van der Waals surface area contributed by atoms with Gasteiger partial charge in [0.05, 0.1) is 12.0 Å². The Bertz CT molecular complexity index is 929. The number of benzene rings is 2. The van der Waals surface area contributed by atoms with Crippen LogP contribution in [0.2, 0.25) is 10.0 Å². The van der Waals surface area contributed by atoms with Gasteiger partial charge < -0.3 is 10.1 Å². The molecule has 3 nitrogen and oxygen atoms in total. The molecule has 2 aliphatic rings. The van der Waals surface area contributed by atoms with E-state index < -0.39 is 0 Å². The number of fused-ring (bicyclic) bond motifs is 1. The van der Waals surface area contributed by atoms with Crippen LogP contribution in [0.5, 0.6) is 5.75 Å². The van der Waals surface area contributed by atoms with E-state index in [1.165, 1.54) is 5.56 Å². The number of amides is 1. The Labute approximate surface area is 189 Å². The highest BCUT2D eigenvalue weighted by Crippen LogP contribution is 2.60. The summed E-state index contributed by atoms with van der Waals surface area (Å²) in [6, 6.07) is 14.3. The van der Waals surface area contributed by atoms with Gasteiger partial charge in [0.25, 0.3) is 0 Å². The fourth-order valence-corrected chi connectivity index (χ4v) is 6.40. The molecule has 5 atom stereocenters. The van der Waals surface area contributed by atoms with E-state index in [1.807, 2.05) is 31.2 Å². The molecule has 2 aromatic rings. The van der Waals surface area contributed by atoms with Crippen molar-refractivity contribution in [2.75, 3.05) is 6.61 Å². The molecule has 2 fully saturated rings. The molecule has 1 amide bonds. The largest absolute Gasteiger partial charge is 0.494 e. The number of ether oxygens (including phenoxy) is 1. The van der Waals surface area contributed by atoms with Crippen molar-refractivity contribution in [1.29, 1.82) is 0 Å². The van der Waals surface area contributed by atoms with Gasteiger partial charge in [0.1, 0.15) is 5.75 Å². The third-order valence-corrected chi connectivity index (χ3v) is 7.86. The van der Waals surface area contributed by atoms with Gasteiger partial charge in [-0.1, -0.05) is 48.3 Å². The molecule has 0 radical (unpaired) electrons. The fourth-order valence-electron chi connectivity index (χ4n) is 5.96. The molecule has 0 bridgehead atoms. The number of rotatable bonds is 5. The zero-order chi connectivity index (χ0) is 21.5. The molecule has 2 aromatic carbocycles. The van der Waals surface area contributed by atoms with E-state index in [0.717, 1.165) is 40.6 Å². The Morgan fingerprint density at radius 2 is 1.87 bits per heavy atom. The minimum Gasteiger partial charge on any atom is -0.494 e. The topological polar surface area (TPSA) is 38.3 Å². The lowest BCUT2D eigenvalue weighted by atomic mass is 9.54. The summed E-state index contributed by atoms with van der Waals surface area (Å²) in [7, 11) is 0. The summed E-state index contributed by atoms with van der Waals surface area (Å²) >= 11 is 13.0. The minimum absolute atomic E-state index is 0.113. The molecular weight excluding hydrogens is 417 g/mol. The monoisotopic (exact) mass is 445 g/mol. The van der Waals surface area contributed by atoms with Crippen molar-refractivity contribution in [3.8, 4) is 5.75 Å². The van der Waals surface area contributed by atoms with E-state index in [0.29, 0.717) is 6.61 Å². The zero-order valence-electron chi connectivity index (χ0n) is 17.8. The van der Waals surface area contributed by atoms with E-state index in [-0.39, 0.29) is 35.1 Å². The van der Waals surface area contributed by atoms with Gasteiger partial charge in [-0.2, -0.15) is 0 Å². The Hall–Kier alpha value is -1.71. The van der Waals surface area contributed by atoms with Crippen molar-refractivity contribution in [3.05, 3.63) is 63.6 Å². The molecule has 30 heavy (non-hydrogen) atoms. The van der Waals surface area contributed by atoms with E-state index in [4.69, 9.17) is 27.9 Å². The second-order valence-corrected chi connectivity index (χ2v) is 9.48. The number of carbonyl (C=O) groups is 1. The van der Waals surface area contributed by atoms with Gasteiger partial charge in [0.2, 0.25) is 5.91 Å². The van der Waals surface area contributed by atoms with Crippen LogP contribution < -0.4 is 10.1 Å². The van der Waals surface area contributed by atoms with Crippen LogP contribution >= 0.6 is 23.2 Å². The van der Waals surface area contributed by atoms with E-state index in [9.17, 15) is 4.79 Å². The van der Waals surface area contributed by atoms with Crippen LogP contribution in [0.25, 0.3) is 0 Å². The first-order valence-electron chi connectivity index (χ1n) is 10.9. The molecule has 1 aliphatic carbocycles. The normalized spacial score (nSPS) is 30.6. The summed E-state index contributed by atoms with van der Waals surface area (Å²) in [5.41, 5.74) is 2.04. The number of carbonyl (C=O) groups excluding carboxylic acids is 1. The highest BCUT2D eigenvalue weighted by Gasteiger charge is 2.59. The maximum atomic E-state index is 13.1. The minimum atomic E-state index is -0.321. The molecule has 1 N–H and O–H groups in total. The molecule has 5 unspecified atom stereocenters. The van der Waals surface area contributed by atoms with Crippen molar-refractivity contribution < 1.29 is 9.53 Å². The predicted octanol–water partition coefficient (Wildman–Crippen LogP) is 6.58. The summed E-state index contributed by atoms with van der Waals surface area (Å²) in [6.45, 7) is 6.87. The third-order valence-electron chi connectivity index (χ3n) is 7.28. The molecule has 1 heterocycles. The molecule has 1 saturated heterocycles. The van der Waals surface area contributed by atoms with E-state index in [2.05, 4.69) is 37.4 Å². The Kier molecular flexibility index (Phi) is 6.05. The van der Waals surface area contributed by atoms with Crippen molar-refractivity contribution in [3.63, 3.8) is 0 Å². The Morgan fingerprint density at radius 3 is 2.50 bits per heavy atom. The number of hydrogen-bond acceptors (Lipinski definition) is 2. The van der Waals surface area contributed by atoms with Crippen molar-refractivity contribution >= 4 is 29.1 Å².